The highest BCUT2D eigenvalue weighted by atomic mass is 35.5. The molecule has 0 fully saturated rings. The molecule has 0 saturated carbocycles. The fraction of sp³-hybridized carbons (Fsp3) is 0. The van der Waals surface area contributed by atoms with Gasteiger partial charge in [0.2, 0.25) is 0 Å². The van der Waals surface area contributed by atoms with E-state index in [1.807, 2.05) is 0 Å². The van der Waals surface area contributed by atoms with Gasteiger partial charge in [-0.15, -0.1) is 0 Å². The second-order valence-corrected chi connectivity index (χ2v) is 3.38. The van der Waals surface area contributed by atoms with E-state index in [2.05, 4.69) is 10.2 Å². The van der Waals surface area contributed by atoms with E-state index in [1.54, 1.807) is 18.2 Å². The Kier molecular flexibility index (Phi) is 2.43. The predicted molar refractivity (Wildman–Crippen MR) is 57.0 cm³/mol. The number of aromatic nitrogens is 2. The number of H-pyrrole nitrogens is 1. The highest BCUT2D eigenvalue weighted by Gasteiger charge is 2.03. The maximum absolute atomic E-state index is 10.8. The summed E-state index contributed by atoms with van der Waals surface area (Å²) in [6, 6.07) is 7.71. The van der Waals surface area contributed by atoms with Crippen LogP contribution < -0.4 is 5.56 Å². The number of aromatic hydroxyl groups is 1. The number of benzene rings is 1. The van der Waals surface area contributed by atoms with Gasteiger partial charge in [0, 0.05) is 11.6 Å². The molecule has 0 aliphatic heterocycles. The predicted octanol–water partition coefficient (Wildman–Crippen LogP) is 1.80. The standard InChI is InChI=1S/C10H7ClN2O2/c11-7-2-1-6(5-9(7)14)8-3-4-10(15)13-12-8/h1-5,14H,(H,13,15). The summed E-state index contributed by atoms with van der Waals surface area (Å²) in [4.78, 5) is 10.8. The average Bonchev–Trinajstić information content (AvgIpc) is 2.23. The Morgan fingerprint density at radius 3 is 2.67 bits per heavy atom. The Hall–Kier alpha value is -1.81. The van der Waals surface area contributed by atoms with Gasteiger partial charge in [0.05, 0.1) is 10.7 Å². The molecule has 5 heteroatoms. The van der Waals surface area contributed by atoms with E-state index in [1.165, 1.54) is 12.1 Å². The van der Waals surface area contributed by atoms with E-state index in [0.717, 1.165) is 0 Å². The van der Waals surface area contributed by atoms with Gasteiger partial charge in [-0.2, -0.15) is 5.10 Å². The average molecular weight is 223 g/mol. The van der Waals surface area contributed by atoms with Crippen molar-refractivity contribution in [2.24, 2.45) is 0 Å². The molecule has 0 amide bonds. The summed E-state index contributed by atoms with van der Waals surface area (Å²) in [5, 5.41) is 15.8. The van der Waals surface area contributed by atoms with Crippen LogP contribution >= 0.6 is 11.6 Å². The fourth-order valence-corrected chi connectivity index (χ4v) is 1.29. The number of hydrogen-bond donors (Lipinski definition) is 2. The van der Waals surface area contributed by atoms with Crippen LogP contribution in [0.4, 0.5) is 0 Å². The molecule has 0 saturated heterocycles. The number of rotatable bonds is 1. The summed E-state index contributed by atoms with van der Waals surface area (Å²) >= 11 is 5.67. The second kappa shape index (κ2) is 3.74. The molecule has 0 aliphatic carbocycles. The lowest BCUT2D eigenvalue weighted by Gasteiger charge is -2.01. The highest BCUT2D eigenvalue weighted by molar-refractivity contribution is 6.32. The Labute approximate surface area is 90.2 Å². The van der Waals surface area contributed by atoms with E-state index < -0.39 is 0 Å². The van der Waals surface area contributed by atoms with Gasteiger partial charge in [-0.1, -0.05) is 17.7 Å². The summed E-state index contributed by atoms with van der Waals surface area (Å²) < 4.78 is 0. The molecule has 4 nitrogen and oxygen atoms in total. The van der Waals surface area contributed by atoms with Gasteiger partial charge >= 0.3 is 0 Å². The first kappa shape index (κ1) is 9.73. The van der Waals surface area contributed by atoms with Crippen LogP contribution in [0, 0.1) is 0 Å². The van der Waals surface area contributed by atoms with Crippen LogP contribution in [0.1, 0.15) is 0 Å². The molecule has 76 valence electrons. The van der Waals surface area contributed by atoms with E-state index in [0.29, 0.717) is 11.3 Å². The molecular formula is C10H7ClN2O2. The number of hydrogen-bond acceptors (Lipinski definition) is 3. The fourth-order valence-electron chi connectivity index (χ4n) is 1.18. The van der Waals surface area contributed by atoms with Crippen LogP contribution in [0.5, 0.6) is 5.75 Å². The zero-order valence-corrected chi connectivity index (χ0v) is 8.32. The van der Waals surface area contributed by atoms with Gasteiger partial charge in [0.1, 0.15) is 5.75 Å². The lowest BCUT2D eigenvalue weighted by Crippen LogP contribution is -2.05. The van der Waals surface area contributed by atoms with E-state index in [9.17, 15) is 9.90 Å². The largest absolute Gasteiger partial charge is 0.506 e. The summed E-state index contributed by atoms with van der Waals surface area (Å²) in [7, 11) is 0. The van der Waals surface area contributed by atoms with Gasteiger partial charge in [-0.05, 0) is 18.2 Å². The molecule has 2 rings (SSSR count). The first-order valence-electron chi connectivity index (χ1n) is 4.21. The van der Waals surface area contributed by atoms with Crippen LogP contribution in [0.15, 0.2) is 35.1 Å². The minimum absolute atomic E-state index is 0.0119. The number of nitrogens with one attached hydrogen (secondary N) is 1. The lowest BCUT2D eigenvalue weighted by molar-refractivity contribution is 0.476. The third kappa shape index (κ3) is 1.99. The summed E-state index contributed by atoms with van der Waals surface area (Å²) in [5.74, 6) is -0.0119. The minimum Gasteiger partial charge on any atom is -0.506 e. The number of halogens is 1. The third-order valence-corrected chi connectivity index (χ3v) is 2.24. The van der Waals surface area contributed by atoms with E-state index in [4.69, 9.17) is 11.6 Å². The van der Waals surface area contributed by atoms with Crippen molar-refractivity contribution in [1.29, 1.82) is 0 Å². The van der Waals surface area contributed by atoms with Crippen molar-refractivity contribution in [1.82, 2.24) is 10.2 Å². The number of aromatic amines is 1. The molecule has 1 heterocycles. The SMILES string of the molecule is O=c1ccc(-c2ccc(Cl)c(O)c2)n[nH]1. The maximum Gasteiger partial charge on any atom is 0.264 e. The first-order chi connectivity index (χ1) is 7.16. The molecule has 2 N–H and O–H groups in total. The zero-order valence-electron chi connectivity index (χ0n) is 7.57. The van der Waals surface area contributed by atoms with Crippen molar-refractivity contribution >= 4 is 11.6 Å². The molecule has 0 unspecified atom stereocenters. The van der Waals surface area contributed by atoms with Crippen molar-refractivity contribution < 1.29 is 5.11 Å². The summed E-state index contributed by atoms with van der Waals surface area (Å²) in [6.45, 7) is 0. The van der Waals surface area contributed by atoms with Crippen molar-refractivity contribution in [3.8, 4) is 17.0 Å². The molecule has 1 aromatic carbocycles. The quantitative estimate of drug-likeness (QED) is 0.773. The van der Waals surface area contributed by atoms with Crippen molar-refractivity contribution in [3.05, 3.63) is 45.7 Å². The number of nitrogens with zero attached hydrogens (tertiary/aromatic N) is 1. The molecule has 0 radical (unpaired) electrons. The first-order valence-corrected chi connectivity index (χ1v) is 4.59. The number of phenols is 1. The molecule has 0 atom stereocenters. The van der Waals surface area contributed by atoms with Crippen LogP contribution in [0.3, 0.4) is 0 Å². The van der Waals surface area contributed by atoms with E-state index >= 15 is 0 Å². The van der Waals surface area contributed by atoms with Crippen molar-refractivity contribution in [3.63, 3.8) is 0 Å². The zero-order chi connectivity index (χ0) is 10.8. The van der Waals surface area contributed by atoms with Gasteiger partial charge in [-0.3, -0.25) is 4.79 Å². The monoisotopic (exact) mass is 222 g/mol. The minimum atomic E-state index is -0.267. The van der Waals surface area contributed by atoms with Crippen LogP contribution in [0.2, 0.25) is 5.02 Å². The summed E-state index contributed by atoms with van der Waals surface area (Å²) in [5.41, 5.74) is 0.992. The van der Waals surface area contributed by atoms with Crippen LogP contribution in [0.25, 0.3) is 11.3 Å². The molecule has 2 aromatic rings. The van der Waals surface area contributed by atoms with Crippen LogP contribution in [-0.2, 0) is 0 Å². The Balaban J connectivity index is 2.50. The molecule has 0 spiro atoms. The van der Waals surface area contributed by atoms with Gasteiger partial charge in [-0.25, -0.2) is 5.10 Å². The van der Waals surface area contributed by atoms with Crippen LogP contribution in [-0.4, -0.2) is 15.3 Å². The highest BCUT2D eigenvalue weighted by Crippen LogP contribution is 2.27. The third-order valence-electron chi connectivity index (χ3n) is 1.92. The molecule has 0 bridgehead atoms. The van der Waals surface area contributed by atoms with Gasteiger partial charge < -0.3 is 5.11 Å². The normalized spacial score (nSPS) is 10.2. The number of phenolic OH excluding ortho intramolecular Hbond substituents is 1. The lowest BCUT2D eigenvalue weighted by atomic mass is 10.1. The van der Waals surface area contributed by atoms with Gasteiger partial charge in [0.15, 0.2) is 0 Å². The maximum atomic E-state index is 10.8. The Morgan fingerprint density at radius 2 is 2.07 bits per heavy atom. The second-order valence-electron chi connectivity index (χ2n) is 2.97. The van der Waals surface area contributed by atoms with Gasteiger partial charge in [0.25, 0.3) is 5.56 Å². The summed E-state index contributed by atoms with van der Waals surface area (Å²) in [6.07, 6.45) is 0. The molecule has 15 heavy (non-hydrogen) atoms. The molecular weight excluding hydrogens is 216 g/mol. The van der Waals surface area contributed by atoms with Crippen molar-refractivity contribution in [2.45, 2.75) is 0 Å². The van der Waals surface area contributed by atoms with E-state index in [-0.39, 0.29) is 16.3 Å². The topological polar surface area (TPSA) is 66.0 Å². The van der Waals surface area contributed by atoms with Crippen molar-refractivity contribution in [2.75, 3.05) is 0 Å². The smallest absolute Gasteiger partial charge is 0.264 e. The molecule has 1 aromatic heterocycles. The Morgan fingerprint density at radius 1 is 1.27 bits per heavy atom. The Bertz CT molecular complexity index is 531. The molecule has 0 aliphatic rings.